The average Bonchev–Trinajstić information content (AvgIpc) is 2.75. The summed E-state index contributed by atoms with van der Waals surface area (Å²) in [7, 11) is 0. The minimum atomic E-state index is -1.79. The third-order valence-corrected chi connectivity index (χ3v) is 8.22. The first kappa shape index (κ1) is 28.2. The number of carbonyl (C=O) groups excluding carboxylic acids is 4. The molecule has 2 unspecified atom stereocenters. The van der Waals surface area contributed by atoms with E-state index in [4.69, 9.17) is 27.9 Å². The highest BCUT2D eigenvalue weighted by molar-refractivity contribution is 8.00. The lowest BCUT2D eigenvalue weighted by molar-refractivity contribution is -0.167. The second-order valence-electron chi connectivity index (χ2n) is 9.15. The van der Waals surface area contributed by atoms with Crippen LogP contribution >= 0.6 is 59.4 Å². The van der Waals surface area contributed by atoms with E-state index in [-0.39, 0.29) is 23.1 Å². The van der Waals surface area contributed by atoms with Crippen molar-refractivity contribution in [2.75, 3.05) is 11.5 Å². The van der Waals surface area contributed by atoms with Gasteiger partial charge in [-0.3, -0.25) is 19.3 Å². The Hall–Kier alpha value is -1.33. The van der Waals surface area contributed by atoms with Crippen molar-refractivity contribution < 1.29 is 23.9 Å². The van der Waals surface area contributed by atoms with Gasteiger partial charge in [-0.05, 0) is 45.0 Å². The average molecular weight is 578 g/mol. The monoisotopic (exact) mass is 576 g/mol. The van der Waals surface area contributed by atoms with Crippen LogP contribution in [0.2, 0.25) is 10.0 Å². The van der Waals surface area contributed by atoms with Gasteiger partial charge in [0.15, 0.2) is 5.78 Å². The molecule has 2 heterocycles. The number of amides is 2. The van der Waals surface area contributed by atoms with Crippen molar-refractivity contribution >= 4 is 82.9 Å². The van der Waals surface area contributed by atoms with Crippen molar-refractivity contribution in [3.05, 3.63) is 40.0 Å². The first-order valence-electron chi connectivity index (χ1n) is 10.7. The summed E-state index contributed by atoms with van der Waals surface area (Å²) in [5, 5.41) is 2.49. The van der Waals surface area contributed by atoms with Crippen molar-refractivity contribution in [1.82, 2.24) is 10.2 Å². The maximum atomic E-state index is 13.5. The molecular weight excluding hydrogens is 551 g/mol. The molecule has 1 aromatic carbocycles. The quantitative estimate of drug-likeness (QED) is 0.156. The Morgan fingerprint density at radius 1 is 1.34 bits per heavy atom. The Bertz CT molecular complexity index is 1090. The minimum absolute atomic E-state index is 0.0290. The standard InChI is InChI=1S/C23H26Cl2N2O5S3/c1-12(33)9-17(28)23(26-18(29)11-35-16-10-13(24)5-6-14(16)25)20(31)27-15(7-8-34-21(23)27)19(30)32-22(2,3)4/h5-7,10,12,21,33H,8-9,11H2,1-4H3,(H,26,29)/t12?,21-,23?/m0/s1. The second kappa shape index (κ2) is 11.0. The van der Waals surface area contributed by atoms with Gasteiger partial charge in [0.25, 0.3) is 5.91 Å². The molecule has 0 aromatic heterocycles. The molecule has 0 spiro atoms. The number of fused-ring (bicyclic) bond motifs is 1. The molecule has 2 aliphatic heterocycles. The Morgan fingerprint density at radius 2 is 2.03 bits per heavy atom. The fourth-order valence-corrected chi connectivity index (χ4v) is 6.45. The zero-order valence-corrected chi connectivity index (χ0v) is 23.6. The maximum Gasteiger partial charge on any atom is 0.355 e. The van der Waals surface area contributed by atoms with Crippen LogP contribution in [0.3, 0.4) is 0 Å². The van der Waals surface area contributed by atoms with Gasteiger partial charge < -0.3 is 10.1 Å². The molecule has 1 aromatic rings. The first-order chi connectivity index (χ1) is 16.3. The second-order valence-corrected chi connectivity index (χ2v) is 13.0. The summed E-state index contributed by atoms with van der Waals surface area (Å²) in [5.41, 5.74) is -2.47. The van der Waals surface area contributed by atoms with Crippen molar-refractivity contribution in [3.63, 3.8) is 0 Å². The summed E-state index contributed by atoms with van der Waals surface area (Å²) in [5.74, 6) is -2.01. The predicted molar refractivity (Wildman–Crippen MR) is 143 cm³/mol. The normalized spacial score (nSPS) is 22.5. The highest BCUT2D eigenvalue weighted by Gasteiger charge is 2.68. The summed E-state index contributed by atoms with van der Waals surface area (Å²) in [6.45, 7) is 6.91. The van der Waals surface area contributed by atoms with E-state index >= 15 is 0 Å². The highest BCUT2D eigenvalue weighted by atomic mass is 35.5. The van der Waals surface area contributed by atoms with E-state index in [1.807, 2.05) is 0 Å². The minimum Gasteiger partial charge on any atom is -0.455 e. The molecule has 3 atom stereocenters. The van der Waals surface area contributed by atoms with Crippen LogP contribution in [0.1, 0.15) is 34.1 Å². The molecule has 35 heavy (non-hydrogen) atoms. The number of thiol groups is 1. The summed E-state index contributed by atoms with van der Waals surface area (Å²) in [6.07, 6.45) is 1.57. The molecule has 1 fully saturated rings. The number of rotatable bonds is 8. The van der Waals surface area contributed by atoms with Gasteiger partial charge in [-0.25, -0.2) is 4.79 Å². The summed E-state index contributed by atoms with van der Waals surface area (Å²) < 4.78 is 5.44. The SMILES string of the molecule is CC(S)CC(=O)C1(NC(=O)CSc2cc(Cl)ccc2Cl)C(=O)N2C(C(=O)OC(C)(C)C)=CCS[C@H]21. The van der Waals surface area contributed by atoms with E-state index in [2.05, 4.69) is 17.9 Å². The zero-order chi connectivity index (χ0) is 26.1. The largest absolute Gasteiger partial charge is 0.455 e. The zero-order valence-electron chi connectivity index (χ0n) is 19.6. The number of esters is 1. The van der Waals surface area contributed by atoms with E-state index in [0.29, 0.717) is 20.7 Å². The molecule has 2 aliphatic rings. The lowest BCUT2D eigenvalue weighted by Gasteiger charge is -2.55. The molecule has 12 heteroatoms. The number of thioether (sulfide) groups is 2. The van der Waals surface area contributed by atoms with Crippen molar-refractivity contribution in [2.24, 2.45) is 0 Å². The third-order valence-electron chi connectivity index (χ3n) is 5.07. The van der Waals surface area contributed by atoms with E-state index in [0.717, 1.165) is 11.8 Å². The molecule has 0 aliphatic carbocycles. The molecule has 0 saturated carbocycles. The Labute approximate surface area is 228 Å². The van der Waals surface area contributed by atoms with Crippen LogP contribution in [-0.2, 0) is 23.9 Å². The number of ether oxygens (including phenoxy) is 1. The molecule has 0 bridgehead atoms. The van der Waals surface area contributed by atoms with Crippen LogP contribution in [-0.4, -0.2) is 61.7 Å². The van der Waals surface area contributed by atoms with Crippen molar-refractivity contribution in [2.45, 2.75) is 60.8 Å². The van der Waals surface area contributed by atoms with Crippen LogP contribution in [0.5, 0.6) is 0 Å². The Balaban J connectivity index is 1.83. The Morgan fingerprint density at radius 3 is 2.66 bits per heavy atom. The van der Waals surface area contributed by atoms with Gasteiger partial charge in [0.2, 0.25) is 11.4 Å². The molecular formula is C23H26Cl2N2O5S3. The van der Waals surface area contributed by atoms with E-state index < -0.39 is 40.1 Å². The molecule has 190 valence electrons. The number of nitrogens with one attached hydrogen (secondary N) is 1. The number of hydrogen-bond acceptors (Lipinski definition) is 8. The fraction of sp³-hybridized carbons (Fsp3) is 0.478. The van der Waals surface area contributed by atoms with Gasteiger partial charge in [0.1, 0.15) is 16.7 Å². The van der Waals surface area contributed by atoms with Crippen molar-refractivity contribution in [1.29, 1.82) is 0 Å². The van der Waals surface area contributed by atoms with Crippen molar-refractivity contribution in [3.8, 4) is 0 Å². The van der Waals surface area contributed by atoms with Crippen LogP contribution in [0.15, 0.2) is 34.9 Å². The summed E-state index contributed by atoms with van der Waals surface area (Å²) >= 11 is 18.9. The van der Waals surface area contributed by atoms with E-state index in [1.54, 1.807) is 52.0 Å². The fourth-order valence-electron chi connectivity index (χ4n) is 3.65. The molecule has 1 saturated heterocycles. The van der Waals surface area contributed by atoms with Gasteiger partial charge in [0, 0.05) is 27.3 Å². The molecule has 1 N–H and O–H groups in total. The molecule has 7 nitrogen and oxygen atoms in total. The van der Waals surface area contributed by atoms with Gasteiger partial charge >= 0.3 is 5.97 Å². The Kier molecular flexibility index (Phi) is 8.85. The number of Topliss-reactive ketones (excluding diaryl/α,β-unsaturated/α-hetero) is 1. The van der Waals surface area contributed by atoms with Gasteiger partial charge in [-0.2, -0.15) is 12.6 Å². The van der Waals surface area contributed by atoms with Crippen LogP contribution in [0.4, 0.5) is 0 Å². The van der Waals surface area contributed by atoms with E-state index in [1.165, 1.54) is 16.7 Å². The predicted octanol–water partition coefficient (Wildman–Crippen LogP) is 4.36. The number of nitrogens with zero attached hydrogens (tertiary/aromatic N) is 1. The topological polar surface area (TPSA) is 92.8 Å². The third kappa shape index (κ3) is 6.15. The highest BCUT2D eigenvalue weighted by Crippen LogP contribution is 2.46. The van der Waals surface area contributed by atoms with Gasteiger partial charge in [-0.1, -0.05) is 30.1 Å². The number of carbonyl (C=O) groups is 4. The number of hydrogen-bond donors (Lipinski definition) is 2. The summed E-state index contributed by atoms with van der Waals surface area (Å²) in [4.78, 5) is 54.4. The molecule has 2 amide bonds. The number of halogens is 2. The smallest absolute Gasteiger partial charge is 0.355 e. The molecule has 0 radical (unpaired) electrons. The lowest BCUT2D eigenvalue weighted by atomic mass is 9.80. The molecule has 3 rings (SSSR count). The lowest BCUT2D eigenvalue weighted by Crippen LogP contribution is -2.83. The number of ketones is 1. The summed E-state index contributed by atoms with van der Waals surface area (Å²) in [6, 6.07) is 4.90. The van der Waals surface area contributed by atoms with Gasteiger partial charge in [0.05, 0.1) is 10.8 Å². The van der Waals surface area contributed by atoms with Crippen LogP contribution < -0.4 is 5.32 Å². The van der Waals surface area contributed by atoms with Crippen LogP contribution in [0, 0.1) is 0 Å². The first-order valence-corrected chi connectivity index (χ1v) is 14.1. The maximum absolute atomic E-state index is 13.5. The van der Waals surface area contributed by atoms with Gasteiger partial charge in [-0.15, -0.1) is 23.5 Å². The van der Waals surface area contributed by atoms with Crippen LogP contribution in [0.25, 0.3) is 0 Å². The number of β-lactam (4-membered cyclic amide) rings is 1. The number of benzene rings is 1. The van der Waals surface area contributed by atoms with E-state index in [9.17, 15) is 19.2 Å².